The van der Waals surface area contributed by atoms with Crippen molar-refractivity contribution in [3.63, 3.8) is 0 Å². The molecule has 1 aliphatic rings. The number of fused-ring (bicyclic) bond motifs is 1. The van der Waals surface area contributed by atoms with E-state index in [9.17, 15) is 18.7 Å². The van der Waals surface area contributed by atoms with E-state index in [1.807, 2.05) is 49.4 Å². The van der Waals surface area contributed by atoms with E-state index in [-0.39, 0.29) is 33.9 Å². The predicted molar refractivity (Wildman–Crippen MR) is 162 cm³/mol. The lowest BCUT2D eigenvalue weighted by Crippen LogP contribution is -2.32. The molecule has 2 N–H and O–H groups in total. The highest BCUT2D eigenvalue weighted by Gasteiger charge is 2.25. The molecule has 0 radical (unpaired) electrons. The third-order valence-electron chi connectivity index (χ3n) is 8.18. The van der Waals surface area contributed by atoms with Crippen LogP contribution in [0.3, 0.4) is 0 Å². The van der Waals surface area contributed by atoms with Crippen LogP contribution in [-0.4, -0.2) is 63.8 Å². The van der Waals surface area contributed by atoms with Gasteiger partial charge in [0.15, 0.2) is 11.5 Å². The van der Waals surface area contributed by atoms with E-state index >= 15 is 0 Å². The Morgan fingerprint density at radius 2 is 1.71 bits per heavy atom. The number of carbonyl (C=O) groups is 1. The first-order valence-electron chi connectivity index (χ1n) is 14.6. The summed E-state index contributed by atoms with van der Waals surface area (Å²) in [5.74, 6) is -0.925. The van der Waals surface area contributed by atoms with Crippen molar-refractivity contribution in [2.45, 2.75) is 32.2 Å². The van der Waals surface area contributed by atoms with Gasteiger partial charge in [-0.15, -0.1) is 0 Å². The van der Waals surface area contributed by atoms with E-state index in [1.54, 1.807) is 0 Å². The van der Waals surface area contributed by atoms with Crippen LogP contribution in [0.5, 0.6) is 0 Å². The number of hydrogen-bond acceptors (Lipinski definition) is 7. The fraction of sp³-hybridized carbons (Fsp3) is 0.212. The van der Waals surface area contributed by atoms with Gasteiger partial charge in [-0.3, -0.25) is 10.00 Å². The second-order valence-corrected chi connectivity index (χ2v) is 11.2. The van der Waals surface area contributed by atoms with E-state index < -0.39 is 17.6 Å². The Balaban J connectivity index is 1.09. The Hall–Kier alpha value is -5.36. The van der Waals surface area contributed by atoms with E-state index in [2.05, 4.69) is 30.2 Å². The molecule has 2 aromatic carbocycles. The number of halogens is 2. The highest BCUT2D eigenvalue weighted by molar-refractivity contribution is 5.95. The van der Waals surface area contributed by atoms with E-state index in [1.165, 1.54) is 35.1 Å². The second-order valence-electron chi connectivity index (χ2n) is 11.2. The number of benzene rings is 2. The molecule has 0 spiro atoms. The van der Waals surface area contributed by atoms with Gasteiger partial charge in [0.05, 0.1) is 17.5 Å². The molecule has 0 bridgehead atoms. The number of aromatic amines is 1. The minimum absolute atomic E-state index is 0.0824. The van der Waals surface area contributed by atoms with E-state index in [0.29, 0.717) is 11.4 Å². The Morgan fingerprint density at radius 3 is 2.42 bits per heavy atom. The summed E-state index contributed by atoms with van der Waals surface area (Å²) >= 11 is 0. The average molecular weight is 607 g/mol. The molecule has 0 unspecified atom stereocenters. The topological polar surface area (TPSA) is 125 Å². The van der Waals surface area contributed by atoms with Gasteiger partial charge in [-0.1, -0.05) is 36.4 Å². The zero-order valence-corrected chi connectivity index (χ0v) is 24.3. The third kappa shape index (κ3) is 5.55. The van der Waals surface area contributed by atoms with Gasteiger partial charge in [-0.2, -0.15) is 10.2 Å². The van der Waals surface area contributed by atoms with Crippen molar-refractivity contribution in [3.8, 4) is 33.9 Å². The Bertz CT molecular complexity index is 2010. The molecule has 1 aliphatic heterocycles. The second kappa shape index (κ2) is 11.6. The lowest BCUT2D eigenvalue weighted by atomic mass is 9.95. The Kier molecular flexibility index (Phi) is 7.34. The van der Waals surface area contributed by atoms with Gasteiger partial charge >= 0.3 is 5.97 Å². The molecular formula is C33H28F2N8O2. The van der Waals surface area contributed by atoms with Crippen LogP contribution in [0.2, 0.25) is 0 Å². The van der Waals surface area contributed by atoms with E-state index in [4.69, 9.17) is 4.98 Å². The Labute approximate surface area is 256 Å². The third-order valence-corrected chi connectivity index (χ3v) is 8.18. The molecule has 0 aliphatic carbocycles. The standard InChI is InChI=1S/C33H28F2N8O2/c1-19-4-2-7-27(37-19)31-39-30(40-41-31)22-12-14-42(15-13-22)17-20-8-10-21(11-9-20)29-24(28-25(34)5-3-6-26(28)35)18-43-32(38-29)23(16-36-43)33(44)45/h2-11,16,18,22H,12-15,17H2,1H3,(H,44,45)(H,39,40,41). The zero-order chi connectivity index (χ0) is 31.1. The molecule has 45 heavy (non-hydrogen) atoms. The van der Waals surface area contributed by atoms with Crippen molar-refractivity contribution in [1.29, 1.82) is 0 Å². The van der Waals surface area contributed by atoms with Gasteiger partial charge in [0.2, 0.25) is 0 Å². The molecule has 0 atom stereocenters. The normalized spacial score (nSPS) is 14.3. The molecule has 0 saturated carbocycles. The lowest BCUT2D eigenvalue weighted by molar-refractivity contribution is 0.0698. The number of nitrogens with zero attached hydrogens (tertiary/aromatic N) is 7. The van der Waals surface area contributed by atoms with Crippen molar-refractivity contribution < 1.29 is 18.7 Å². The van der Waals surface area contributed by atoms with Crippen LogP contribution in [0, 0.1) is 18.6 Å². The number of rotatable bonds is 7. The minimum atomic E-state index is -1.19. The van der Waals surface area contributed by atoms with Crippen LogP contribution in [0.4, 0.5) is 8.78 Å². The van der Waals surface area contributed by atoms with Gasteiger partial charge in [0.1, 0.15) is 28.7 Å². The van der Waals surface area contributed by atoms with Crippen molar-refractivity contribution in [1.82, 2.24) is 39.7 Å². The minimum Gasteiger partial charge on any atom is -0.477 e. The Morgan fingerprint density at radius 1 is 0.978 bits per heavy atom. The zero-order valence-electron chi connectivity index (χ0n) is 24.3. The van der Waals surface area contributed by atoms with Gasteiger partial charge in [0, 0.05) is 35.5 Å². The molecule has 1 fully saturated rings. The molecule has 1 saturated heterocycles. The molecule has 12 heteroatoms. The maximum atomic E-state index is 14.9. The van der Waals surface area contributed by atoms with E-state index in [0.717, 1.165) is 55.3 Å². The van der Waals surface area contributed by atoms with Crippen molar-refractivity contribution in [2.24, 2.45) is 0 Å². The molecule has 4 aromatic heterocycles. The maximum absolute atomic E-state index is 14.9. The lowest BCUT2D eigenvalue weighted by Gasteiger charge is -2.31. The van der Waals surface area contributed by atoms with Crippen molar-refractivity contribution >= 4 is 11.6 Å². The number of aromatic carboxylic acids is 1. The molecule has 10 nitrogen and oxygen atoms in total. The monoisotopic (exact) mass is 606 g/mol. The number of aromatic nitrogens is 7. The van der Waals surface area contributed by atoms with Crippen LogP contribution in [0.1, 0.15) is 46.2 Å². The highest BCUT2D eigenvalue weighted by atomic mass is 19.1. The van der Waals surface area contributed by atoms with Crippen LogP contribution in [-0.2, 0) is 6.54 Å². The first kappa shape index (κ1) is 28.4. The van der Waals surface area contributed by atoms with Crippen LogP contribution in [0.25, 0.3) is 39.5 Å². The summed E-state index contributed by atoms with van der Waals surface area (Å²) in [6, 6.07) is 17.0. The number of likely N-dealkylation sites (tertiary alicyclic amines) is 1. The number of aryl methyl sites for hydroxylation is 1. The number of carboxylic acids is 1. The molecular weight excluding hydrogens is 578 g/mol. The maximum Gasteiger partial charge on any atom is 0.341 e. The summed E-state index contributed by atoms with van der Waals surface area (Å²) in [5.41, 5.74) is 3.49. The average Bonchev–Trinajstić information content (AvgIpc) is 3.69. The fourth-order valence-electron chi connectivity index (χ4n) is 5.85. The number of H-pyrrole nitrogens is 1. The summed E-state index contributed by atoms with van der Waals surface area (Å²) < 4.78 is 31.0. The molecule has 6 aromatic rings. The number of carboxylic acid groups (broad SMARTS) is 1. The summed E-state index contributed by atoms with van der Waals surface area (Å²) in [4.78, 5) is 27.9. The van der Waals surface area contributed by atoms with Crippen LogP contribution >= 0.6 is 0 Å². The first-order chi connectivity index (χ1) is 21.8. The molecule has 226 valence electrons. The summed E-state index contributed by atoms with van der Waals surface area (Å²) in [7, 11) is 0. The van der Waals surface area contributed by atoms with Gasteiger partial charge in [0.25, 0.3) is 0 Å². The summed E-state index contributed by atoms with van der Waals surface area (Å²) in [6.07, 6.45) is 4.46. The predicted octanol–water partition coefficient (Wildman–Crippen LogP) is 5.91. The van der Waals surface area contributed by atoms with Crippen molar-refractivity contribution in [2.75, 3.05) is 13.1 Å². The number of pyridine rings is 1. The summed E-state index contributed by atoms with van der Waals surface area (Å²) in [6.45, 7) is 4.45. The molecule has 7 rings (SSSR count). The van der Waals surface area contributed by atoms with Crippen molar-refractivity contribution in [3.05, 3.63) is 107 Å². The molecule has 5 heterocycles. The quantitative estimate of drug-likeness (QED) is 0.230. The molecule has 0 amide bonds. The SMILES string of the molecule is Cc1cccc(-c2n[nH]c(C3CCN(Cc4ccc(-c5nc6c(C(=O)O)cnn6cc5-c5c(F)cccc5F)cc4)CC3)n2)n1. The number of piperidine rings is 1. The largest absolute Gasteiger partial charge is 0.477 e. The smallest absolute Gasteiger partial charge is 0.341 e. The van der Waals surface area contributed by atoms with Crippen LogP contribution in [0.15, 0.2) is 73.1 Å². The summed E-state index contributed by atoms with van der Waals surface area (Å²) in [5, 5.41) is 21.2. The van der Waals surface area contributed by atoms with Gasteiger partial charge < -0.3 is 5.11 Å². The fourth-order valence-corrected chi connectivity index (χ4v) is 5.85. The number of nitrogens with one attached hydrogen (secondary N) is 1. The van der Waals surface area contributed by atoms with Gasteiger partial charge in [-0.05, 0) is 62.7 Å². The first-order valence-corrected chi connectivity index (χ1v) is 14.6. The van der Waals surface area contributed by atoms with Crippen LogP contribution < -0.4 is 0 Å². The van der Waals surface area contributed by atoms with Gasteiger partial charge in [-0.25, -0.2) is 33.0 Å². The number of hydrogen-bond donors (Lipinski definition) is 2. The highest BCUT2D eigenvalue weighted by Crippen LogP contribution is 2.35.